The Balaban J connectivity index is 1.55. The minimum absolute atomic E-state index is 0.179. The molecule has 0 amide bonds. The van der Waals surface area contributed by atoms with Gasteiger partial charge in [0.1, 0.15) is 28.6 Å². The van der Waals surface area contributed by atoms with E-state index in [4.69, 9.17) is 9.40 Å². The fraction of sp³-hybridized carbons (Fsp3) is 0.146. The zero-order valence-corrected chi connectivity index (χ0v) is 26.1. The molecule has 0 unspecified atom stereocenters. The fourth-order valence-electron chi connectivity index (χ4n) is 6.84. The van der Waals surface area contributed by atoms with Gasteiger partial charge in [-0.1, -0.05) is 88.4 Å². The maximum absolute atomic E-state index is 15.5. The van der Waals surface area contributed by atoms with Crippen LogP contribution in [0, 0.1) is 11.6 Å². The van der Waals surface area contributed by atoms with Gasteiger partial charge in [0, 0.05) is 16.8 Å². The highest BCUT2D eigenvalue weighted by atomic mass is 19.1. The normalized spacial score (nSPS) is 12.1. The second kappa shape index (κ2) is 10.7. The van der Waals surface area contributed by atoms with Crippen LogP contribution in [-0.2, 0) is 0 Å². The third-order valence-corrected chi connectivity index (χ3v) is 9.06. The molecule has 6 aromatic carbocycles. The molecule has 0 atom stereocenters. The van der Waals surface area contributed by atoms with Gasteiger partial charge < -0.3 is 4.42 Å². The molecule has 0 spiro atoms. The van der Waals surface area contributed by atoms with Crippen LogP contribution in [0.3, 0.4) is 0 Å². The quantitative estimate of drug-likeness (QED) is 0.195. The largest absolute Gasteiger partial charge is 0.455 e. The van der Waals surface area contributed by atoms with Crippen molar-refractivity contribution in [3.63, 3.8) is 0 Å². The number of benzene rings is 6. The van der Waals surface area contributed by atoms with Gasteiger partial charge in [-0.3, -0.25) is 4.57 Å². The number of aromatic nitrogens is 2. The van der Waals surface area contributed by atoms with E-state index in [2.05, 4.69) is 92.9 Å². The van der Waals surface area contributed by atoms with Crippen molar-refractivity contribution in [3.05, 3.63) is 132 Å². The molecule has 3 nitrogen and oxygen atoms in total. The summed E-state index contributed by atoms with van der Waals surface area (Å²) in [6.07, 6.45) is 0. The zero-order valence-electron chi connectivity index (χ0n) is 26.1. The Morgan fingerprint density at radius 2 is 1.39 bits per heavy atom. The molecule has 5 heteroatoms. The minimum Gasteiger partial charge on any atom is -0.455 e. The van der Waals surface area contributed by atoms with E-state index in [9.17, 15) is 4.39 Å². The first-order valence-electron chi connectivity index (χ1n) is 15.7. The number of halogens is 2. The SMILES string of the molecule is CC(C)c1cc(-c2ccccc2)cc(C(C)C)c1-n1c(-c2ccc(F)c3c2oc2cc(F)ccc23)nc2ccc3ccccc3c21. The molecule has 226 valence electrons. The van der Waals surface area contributed by atoms with Crippen molar-refractivity contribution in [2.24, 2.45) is 0 Å². The molecule has 0 fully saturated rings. The number of nitrogens with zero attached hydrogens (tertiary/aromatic N) is 2. The Bertz CT molecular complexity index is 2420. The van der Waals surface area contributed by atoms with Crippen LogP contribution in [0.4, 0.5) is 8.78 Å². The molecule has 0 aliphatic carbocycles. The van der Waals surface area contributed by atoms with Gasteiger partial charge in [-0.15, -0.1) is 0 Å². The Morgan fingerprint density at radius 1 is 0.674 bits per heavy atom. The molecular formula is C41H32F2N2O. The van der Waals surface area contributed by atoms with Crippen LogP contribution in [-0.4, -0.2) is 9.55 Å². The van der Waals surface area contributed by atoms with Gasteiger partial charge in [0.15, 0.2) is 0 Å². The first-order valence-corrected chi connectivity index (χ1v) is 15.7. The molecule has 0 saturated carbocycles. The van der Waals surface area contributed by atoms with Gasteiger partial charge in [0.05, 0.1) is 27.7 Å². The summed E-state index contributed by atoms with van der Waals surface area (Å²) < 4.78 is 38.4. The highest BCUT2D eigenvalue weighted by Crippen LogP contribution is 2.44. The van der Waals surface area contributed by atoms with Crippen molar-refractivity contribution in [2.75, 3.05) is 0 Å². The first kappa shape index (κ1) is 28.2. The summed E-state index contributed by atoms with van der Waals surface area (Å²) in [5.74, 6) is 0.147. The van der Waals surface area contributed by atoms with Crippen molar-refractivity contribution in [2.45, 2.75) is 39.5 Å². The molecule has 0 bridgehead atoms. The van der Waals surface area contributed by atoms with Crippen LogP contribution in [0.15, 0.2) is 114 Å². The van der Waals surface area contributed by atoms with E-state index < -0.39 is 11.6 Å². The first-order chi connectivity index (χ1) is 22.3. The summed E-state index contributed by atoms with van der Waals surface area (Å²) in [5.41, 5.74) is 8.85. The second-order valence-corrected chi connectivity index (χ2v) is 12.6. The van der Waals surface area contributed by atoms with E-state index in [1.807, 2.05) is 18.2 Å². The topological polar surface area (TPSA) is 31.0 Å². The molecule has 2 aromatic heterocycles. The van der Waals surface area contributed by atoms with Crippen molar-refractivity contribution in [1.29, 1.82) is 0 Å². The van der Waals surface area contributed by atoms with Crippen molar-refractivity contribution >= 4 is 43.7 Å². The van der Waals surface area contributed by atoms with Crippen LogP contribution in [0.25, 0.3) is 71.9 Å². The molecule has 2 heterocycles. The number of hydrogen-bond donors (Lipinski definition) is 0. The highest BCUT2D eigenvalue weighted by molar-refractivity contribution is 6.11. The van der Waals surface area contributed by atoms with Gasteiger partial charge in [0.2, 0.25) is 0 Å². The highest BCUT2D eigenvalue weighted by Gasteiger charge is 2.27. The molecule has 8 rings (SSSR count). The molecule has 46 heavy (non-hydrogen) atoms. The van der Waals surface area contributed by atoms with Crippen LogP contribution < -0.4 is 0 Å². The molecule has 0 saturated heterocycles. The van der Waals surface area contributed by atoms with E-state index in [0.717, 1.165) is 38.6 Å². The summed E-state index contributed by atoms with van der Waals surface area (Å²) in [7, 11) is 0. The van der Waals surface area contributed by atoms with Crippen LogP contribution in [0.1, 0.15) is 50.7 Å². The molecule has 0 radical (unpaired) electrons. The number of rotatable bonds is 5. The van der Waals surface area contributed by atoms with E-state index in [1.54, 1.807) is 12.1 Å². The van der Waals surface area contributed by atoms with Crippen molar-refractivity contribution < 1.29 is 13.2 Å². The van der Waals surface area contributed by atoms with E-state index >= 15 is 4.39 Å². The molecular weight excluding hydrogens is 574 g/mol. The van der Waals surface area contributed by atoms with E-state index in [-0.39, 0.29) is 11.8 Å². The van der Waals surface area contributed by atoms with Gasteiger partial charge >= 0.3 is 0 Å². The Morgan fingerprint density at radius 3 is 2.13 bits per heavy atom. The zero-order chi connectivity index (χ0) is 31.7. The maximum Gasteiger partial charge on any atom is 0.149 e. The van der Waals surface area contributed by atoms with Crippen LogP contribution in [0.5, 0.6) is 0 Å². The number of fused-ring (bicyclic) bond motifs is 6. The van der Waals surface area contributed by atoms with Crippen molar-refractivity contribution in [1.82, 2.24) is 9.55 Å². The fourth-order valence-corrected chi connectivity index (χ4v) is 6.84. The number of imidazole rings is 1. The Kier molecular flexibility index (Phi) is 6.54. The average Bonchev–Trinajstić information content (AvgIpc) is 3.64. The standard InChI is InChI=1S/C41H32F2N2O/c1-23(2)32-20-27(25-10-6-5-7-11-25)21-33(24(3)4)38(32)45-39-29-13-9-8-12-26(29)14-19-35(39)44-41(45)31-17-18-34(43)37-30-16-15-28(42)22-36(30)46-40(31)37/h5-24H,1-4H3. The monoisotopic (exact) mass is 606 g/mol. The Labute approximate surface area is 265 Å². The van der Waals surface area contributed by atoms with Gasteiger partial charge in [0.25, 0.3) is 0 Å². The number of furan rings is 1. The van der Waals surface area contributed by atoms with Crippen molar-refractivity contribution in [3.8, 4) is 28.2 Å². The number of hydrogen-bond acceptors (Lipinski definition) is 2. The van der Waals surface area contributed by atoms with E-state index in [0.29, 0.717) is 33.3 Å². The van der Waals surface area contributed by atoms with Gasteiger partial charge in [-0.05, 0) is 81.9 Å². The molecule has 0 aliphatic heterocycles. The third kappa shape index (κ3) is 4.33. The summed E-state index contributed by atoms with van der Waals surface area (Å²) in [6, 6.07) is 35.0. The maximum atomic E-state index is 15.5. The predicted octanol–water partition coefficient (Wildman–Crippen LogP) is 11.9. The Hall–Kier alpha value is -5.29. The molecule has 0 aliphatic rings. The lowest BCUT2D eigenvalue weighted by Gasteiger charge is -2.24. The summed E-state index contributed by atoms with van der Waals surface area (Å²) in [5, 5.41) is 3.02. The minimum atomic E-state index is -0.436. The van der Waals surface area contributed by atoms with E-state index in [1.165, 1.54) is 29.3 Å². The average molecular weight is 607 g/mol. The third-order valence-electron chi connectivity index (χ3n) is 9.06. The van der Waals surface area contributed by atoms with Gasteiger partial charge in [-0.25, -0.2) is 13.8 Å². The molecule has 0 N–H and O–H groups in total. The summed E-state index contributed by atoms with van der Waals surface area (Å²) in [4.78, 5) is 5.26. The lowest BCUT2D eigenvalue weighted by molar-refractivity contribution is 0.617. The molecule has 8 aromatic rings. The second-order valence-electron chi connectivity index (χ2n) is 12.6. The predicted molar refractivity (Wildman–Crippen MR) is 185 cm³/mol. The lowest BCUT2D eigenvalue weighted by atomic mass is 9.88. The smallest absolute Gasteiger partial charge is 0.149 e. The van der Waals surface area contributed by atoms with Crippen LogP contribution in [0.2, 0.25) is 0 Å². The lowest BCUT2D eigenvalue weighted by Crippen LogP contribution is -2.09. The summed E-state index contributed by atoms with van der Waals surface area (Å²) in [6.45, 7) is 8.88. The van der Waals surface area contributed by atoms with Gasteiger partial charge in [-0.2, -0.15) is 0 Å². The van der Waals surface area contributed by atoms with Crippen LogP contribution >= 0.6 is 0 Å². The summed E-state index contributed by atoms with van der Waals surface area (Å²) >= 11 is 0.